The Hall–Kier alpha value is -1.63. The molecule has 3 N–H and O–H groups in total. The molecule has 7 heteroatoms. The zero-order valence-corrected chi connectivity index (χ0v) is 14.8. The van der Waals surface area contributed by atoms with Gasteiger partial charge in [-0.2, -0.15) is 5.10 Å². The van der Waals surface area contributed by atoms with Crippen molar-refractivity contribution in [3.8, 4) is 0 Å². The highest BCUT2D eigenvalue weighted by Crippen LogP contribution is 2.23. The van der Waals surface area contributed by atoms with Crippen LogP contribution in [-0.2, 0) is 6.54 Å². The highest BCUT2D eigenvalue weighted by atomic mass is 16.3. The van der Waals surface area contributed by atoms with Crippen molar-refractivity contribution in [3.05, 3.63) is 11.6 Å². The summed E-state index contributed by atoms with van der Waals surface area (Å²) >= 11 is 0. The van der Waals surface area contributed by atoms with E-state index in [-0.39, 0.29) is 6.04 Å². The zero-order chi connectivity index (χ0) is 16.9. The third-order valence-electron chi connectivity index (χ3n) is 4.48. The van der Waals surface area contributed by atoms with Crippen LogP contribution in [0.25, 0.3) is 0 Å². The molecule has 1 aromatic rings. The normalized spacial score (nSPS) is 18.7. The summed E-state index contributed by atoms with van der Waals surface area (Å²) in [5.41, 5.74) is -0.731. The number of fused-ring (bicyclic) bond motifs is 1. The number of aromatic nitrogens is 3. The van der Waals surface area contributed by atoms with E-state index >= 15 is 0 Å². The lowest BCUT2D eigenvalue weighted by Crippen LogP contribution is -2.43. The van der Waals surface area contributed by atoms with Gasteiger partial charge in [0.15, 0.2) is 5.96 Å². The smallest absolute Gasteiger partial charge is 0.191 e. The maximum Gasteiger partial charge on any atom is 0.191 e. The monoisotopic (exact) mass is 322 g/mol. The summed E-state index contributed by atoms with van der Waals surface area (Å²) in [6.45, 7) is 10.0. The average Bonchev–Trinajstić information content (AvgIpc) is 2.94. The van der Waals surface area contributed by atoms with Crippen LogP contribution in [0.1, 0.15) is 64.1 Å². The minimum absolute atomic E-state index is 0.110. The lowest BCUT2D eigenvalue weighted by Gasteiger charge is -2.27. The van der Waals surface area contributed by atoms with Crippen LogP contribution >= 0.6 is 0 Å². The molecular formula is C16H30N6O. The zero-order valence-electron chi connectivity index (χ0n) is 14.8. The Bertz CT molecular complexity index is 535. The van der Waals surface area contributed by atoms with Crippen molar-refractivity contribution < 1.29 is 5.11 Å². The summed E-state index contributed by atoms with van der Waals surface area (Å²) in [6.07, 6.45) is 3.47. The van der Waals surface area contributed by atoms with Gasteiger partial charge >= 0.3 is 0 Å². The van der Waals surface area contributed by atoms with Crippen LogP contribution in [-0.4, -0.2) is 44.5 Å². The fourth-order valence-corrected chi connectivity index (χ4v) is 2.79. The average molecular weight is 322 g/mol. The van der Waals surface area contributed by atoms with Gasteiger partial charge in [-0.15, -0.1) is 0 Å². The Morgan fingerprint density at radius 2 is 2.13 bits per heavy atom. The second-order valence-electron chi connectivity index (χ2n) is 6.21. The largest absolute Gasteiger partial charge is 0.388 e. The van der Waals surface area contributed by atoms with Gasteiger partial charge in [0.25, 0.3) is 0 Å². The molecule has 1 unspecified atom stereocenters. The first-order valence-corrected chi connectivity index (χ1v) is 8.70. The SMILES string of the molecule is CCNC(=NCC(O)(CC)CC)NC1CCCn2nc(C)nc21. The van der Waals surface area contributed by atoms with E-state index in [4.69, 9.17) is 0 Å². The van der Waals surface area contributed by atoms with Gasteiger partial charge < -0.3 is 15.7 Å². The molecule has 0 spiro atoms. The lowest BCUT2D eigenvalue weighted by atomic mass is 9.98. The number of hydrogen-bond donors (Lipinski definition) is 3. The Kier molecular flexibility index (Phi) is 5.98. The Labute approximate surface area is 138 Å². The third-order valence-corrected chi connectivity index (χ3v) is 4.48. The van der Waals surface area contributed by atoms with Crippen molar-refractivity contribution in [2.75, 3.05) is 13.1 Å². The van der Waals surface area contributed by atoms with Crippen molar-refractivity contribution in [1.82, 2.24) is 25.4 Å². The van der Waals surface area contributed by atoms with Crippen molar-refractivity contribution in [2.24, 2.45) is 4.99 Å². The van der Waals surface area contributed by atoms with E-state index in [9.17, 15) is 5.11 Å². The molecule has 0 radical (unpaired) electrons. The van der Waals surface area contributed by atoms with Crippen LogP contribution in [0.3, 0.4) is 0 Å². The molecule has 2 heterocycles. The highest BCUT2D eigenvalue weighted by Gasteiger charge is 2.25. The van der Waals surface area contributed by atoms with E-state index in [1.54, 1.807) is 0 Å². The molecule has 0 aromatic carbocycles. The fourth-order valence-electron chi connectivity index (χ4n) is 2.79. The van der Waals surface area contributed by atoms with Gasteiger partial charge in [-0.05, 0) is 39.5 Å². The molecule has 1 aromatic heterocycles. The lowest BCUT2D eigenvalue weighted by molar-refractivity contribution is 0.0417. The number of guanidine groups is 1. The van der Waals surface area contributed by atoms with E-state index in [2.05, 4.69) is 25.7 Å². The molecule has 0 amide bonds. The van der Waals surface area contributed by atoms with Crippen molar-refractivity contribution in [1.29, 1.82) is 0 Å². The van der Waals surface area contributed by atoms with Crippen LogP contribution in [0.4, 0.5) is 0 Å². The maximum absolute atomic E-state index is 10.4. The number of nitrogens with zero attached hydrogens (tertiary/aromatic N) is 4. The van der Waals surface area contributed by atoms with Crippen LogP contribution in [0, 0.1) is 6.92 Å². The molecule has 0 fully saturated rings. The Balaban J connectivity index is 2.11. The summed E-state index contributed by atoms with van der Waals surface area (Å²) in [4.78, 5) is 9.13. The molecule has 23 heavy (non-hydrogen) atoms. The highest BCUT2D eigenvalue weighted by molar-refractivity contribution is 5.80. The first-order chi connectivity index (χ1) is 11.0. The van der Waals surface area contributed by atoms with Crippen molar-refractivity contribution in [3.63, 3.8) is 0 Å². The minimum atomic E-state index is -0.731. The van der Waals surface area contributed by atoms with Gasteiger partial charge in [-0.25, -0.2) is 9.67 Å². The van der Waals surface area contributed by atoms with E-state index < -0.39 is 5.60 Å². The maximum atomic E-state index is 10.4. The van der Waals surface area contributed by atoms with Gasteiger partial charge in [-0.3, -0.25) is 4.99 Å². The molecule has 1 aliphatic heterocycles. The number of aliphatic hydroxyl groups is 1. The van der Waals surface area contributed by atoms with Crippen LogP contribution in [0.2, 0.25) is 0 Å². The van der Waals surface area contributed by atoms with E-state index in [0.29, 0.717) is 19.4 Å². The van der Waals surface area contributed by atoms with Gasteiger partial charge in [0.05, 0.1) is 18.2 Å². The topological polar surface area (TPSA) is 87.4 Å². The predicted octanol–water partition coefficient (Wildman–Crippen LogP) is 1.53. The van der Waals surface area contributed by atoms with Crippen LogP contribution in [0.15, 0.2) is 4.99 Å². The molecule has 0 bridgehead atoms. The van der Waals surface area contributed by atoms with E-state index in [1.165, 1.54) is 0 Å². The Morgan fingerprint density at radius 3 is 2.78 bits per heavy atom. The van der Waals surface area contributed by atoms with E-state index in [0.717, 1.165) is 43.5 Å². The predicted molar refractivity (Wildman–Crippen MR) is 91.4 cm³/mol. The molecular weight excluding hydrogens is 292 g/mol. The summed E-state index contributed by atoms with van der Waals surface area (Å²) < 4.78 is 1.98. The van der Waals surface area contributed by atoms with E-state index in [1.807, 2.05) is 32.4 Å². The molecule has 130 valence electrons. The Morgan fingerprint density at radius 1 is 1.39 bits per heavy atom. The summed E-state index contributed by atoms with van der Waals surface area (Å²) in [5, 5.41) is 21.6. The summed E-state index contributed by atoms with van der Waals surface area (Å²) in [5.74, 6) is 2.51. The van der Waals surface area contributed by atoms with Gasteiger partial charge in [0, 0.05) is 13.1 Å². The second kappa shape index (κ2) is 7.77. The fraction of sp³-hybridized carbons (Fsp3) is 0.812. The molecule has 7 nitrogen and oxygen atoms in total. The number of hydrogen-bond acceptors (Lipinski definition) is 4. The quantitative estimate of drug-likeness (QED) is 0.546. The standard InChI is InChI=1S/C16H30N6O/c1-5-16(23,6-2)11-18-15(17-7-3)20-13-9-8-10-22-14(13)19-12(4)21-22/h13,23H,5-11H2,1-4H3,(H2,17,18,20). The number of nitrogens with one attached hydrogen (secondary N) is 2. The van der Waals surface area contributed by atoms with Crippen molar-refractivity contribution >= 4 is 5.96 Å². The van der Waals surface area contributed by atoms with Crippen LogP contribution in [0.5, 0.6) is 0 Å². The molecule has 2 rings (SSSR count). The summed E-state index contributed by atoms with van der Waals surface area (Å²) in [6, 6.07) is 0.110. The third kappa shape index (κ3) is 4.43. The second-order valence-corrected chi connectivity index (χ2v) is 6.21. The number of aryl methyl sites for hydroxylation is 2. The van der Waals surface area contributed by atoms with Gasteiger partial charge in [0.2, 0.25) is 0 Å². The molecule has 1 aliphatic rings. The van der Waals surface area contributed by atoms with Gasteiger partial charge in [0.1, 0.15) is 11.6 Å². The summed E-state index contributed by atoms with van der Waals surface area (Å²) in [7, 11) is 0. The number of rotatable bonds is 6. The van der Waals surface area contributed by atoms with Crippen molar-refractivity contribution in [2.45, 2.75) is 71.6 Å². The first-order valence-electron chi connectivity index (χ1n) is 8.70. The number of aliphatic imine (C=N–C) groups is 1. The molecule has 0 aliphatic carbocycles. The van der Waals surface area contributed by atoms with Gasteiger partial charge in [-0.1, -0.05) is 13.8 Å². The molecule has 0 saturated carbocycles. The van der Waals surface area contributed by atoms with Crippen LogP contribution < -0.4 is 10.6 Å². The molecule has 1 atom stereocenters. The first kappa shape index (κ1) is 17.7. The minimum Gasteiger partial charge on any atom is -0.388 e. The molecule has 0 saturated heterocycles.